The molecule has 0 aliphatic rings. The first-order valence-corrected chi connectivity index (χ1v) is 6.63. The third-order valence-electron chi connectivity index (χ3n) is 2.59. The van der Waals surface area contributed by atoms with Crippen molar-refractivity contribution in [3.05, 3.63) is 35.9 Å². The number of rotatable bonds is 4. The molecule has 0 aromatic heterocycles. The number of amidine groups is 1. The maximum absolute atomic E-state index is 11.9. The van der Waals surface area contributed by atoms with Crippen LogP contribution in [0.5, 0.6) is 0 Å². The molecule has 0 saturated carbocycles. The molecule has 7 heteroatoms. The maximum Gasteiger partial charge on any atom is 0.408 e. The molecular weight excluding hydrogens is 270 g/mol. The number of nitrogens with one attached hydrogen (secondary N) is 2. The number of carbonyl (C=O) groups excluding carboxylic acids is 1. The van der Waals surface area contributed by atoms with E-state index in [0.717, 1.165) is 5.56 Å². The van der Waals surface area contributed by atoms with Gasteiger partial charge in [0, 0.05) is 6.42 Å². The molecule has 6 N–H and O–H groups in total. The molecule has 0 radical (unpaired) electrons. The van der Waals surface area contributed by atoms with Gasteiger partial charge in [-0.25, -0.2) is 10.6 Å². The molecule has 1 aromatic carbocycles. The lowest BCUT2D eigenvalue weighted by molar-refractivity contribution is 0.0517. The summed E-state index contributed by atoms with van der Waals surface area (Å²) in [6.45, 7) is 5.37. The van der Waals surface area contributed by atoms with Crippen LogP contribution in [-0.2, 0) is 11.2 Å². The van der Waals surface area contributed by atoms with Gasteiger partial charge in [-0.05, 0) is 26.3 Å². The van der Waals surface area contributed by atoms with E-state index >= 15 is 0 Å². The zero-order valence-corrected chi connectivity index (χ0v) is 12.6. The SMILES string of the molecule is CC(C)(C)OC(=O)NC(Cc1ccccc1)/C(=N/N)NN. The molecule has 1 atom stereocenters. The number of ether oxygens (including phenoxy) is 1. The minimum absolute atomic E-state index is 0.268. The Bertz CT molecular complexity index is 482. The number of nitrogens with two attached hydrogens (primary N) is 2. The van der Waals surface area contributed by atoms with E-state index in [1.807, 2.05) is 30.3 Å². The van der Waals surface area contributed by atoms with Gasteiger partial charge in [-0.2, -0.15) is 5.10 Å². The van der Waals surface area contributed by atoms with Crippen molar-refractivity contribution in [1.82, 2.24) is 10.7 Å². The van der Waals surface area contributed by atoms with E-state index in [4.69, 9.17) is 16.4 Å². The molecule has 1 unspecified atom stereocenters. The number of hydrogen-bond acceptors (Lipinski definition) is 5. The van der Waals surface area contributed by atoms with E-state index in [1.54, 1.807) is 20.8 Å². The van der Waals surface area contributed by atoms with Crippen molar-refractivity contribution in [3.63, 3.8) is 0 Å². The molecule has 116 valence electrons. The number of hydrazone groups is 1. The summed E-state index contributed by atoms with van der Waals surface area (Å²) in [5.74, 6) is 11.0. The number of nitrogens with zero attached hydrogens (tertiary/aromatic N) is 1. The van der Waals surface area contributed by atoms with Crippen molar-refractivity contribution in [2.75, 3.05) is 0 Å². The highest BCUT2D eigenvalue weighted by molar-refractivity contribution is 5.89. The number of hydrazine groups is 1. The van der Waals surface area contributed by atoms with Crippen molar-refractivity contribution in [2.45, 2.75) is 38.8 Å². The van der Waals surface area contributed by atoms with Gasteiger partial charge < -0.3 is 21.3 Å². The summed E-state index contributed by atoms with van der Waals surface area (Å²) in [6, 6.07) is 9.11. The lowest BCUT2D eigenvalue weighted by atomic mass is 10.1. The van der Waals surface area contributed by atoms with Crippen LogP contribution < -0.4 is 22.4 Å². The van der Waals surface area contributed by atoms with Crippen molar-refractivity contribution in [3.8, 4) is 0 Å². The van der Waals surface area contributed by atoms with Crippen molar-refractivity contribution < 1.29 is 9.53 Å². The van der Waals surface area contributed by atoms with Crippen molar-refractivity contribution >= 4 is 11.9 Å². The first-order valence-electron chi connectivity index (χ1n) is 6.63. The summed E-state index contributed by atoms with van der Waals surface area (Å²) in [5.41, 5.74) is 2.82. The second-order valence-corrected chi connectivity index (χ2v) is 5.55. The Morgan fingerprint density at radius 1 is 1.33 bits per heavy atom. The second kappa shape index (κ2) is 7.49. The van der Waals surface area contributed by atoms with Gasteiger partial charge in [-0.3, -0.25) is 0 Å². The summed E-state index contributed by atoms with van der Waals surface area (Å²) in [7, 11) is 0. The number of hydrogen-bond donors (Lipinski definition) is 4. The molecule has 0 aliphatic carbocycles. The molecular formula is C14H23N5O2. The zero-order chi connectivity index (χ0) is 15.9. The molecule has 1 aromatic rings. The van der Waals surface area contributed by atoms with Gasteiger partial charge in [0.15, 0.2) is 5.84 Å². The normalized spacial score (nSPS) is 13.4. The van der Waals surface area contributed by atoms with Crippen LogP contribution in [0.3, 0.4) is 0 Å². The van der Waals surface area contributed by atoms with Crippen LogP contribution >= 0.6 is 0 Å². The molecule has 0 fully saturated rings. The Hall–Kier alpha value is -2.28. The highest BCUT2D eigenvalue weighted by Crippen LogP contribution is 2.08. The van der Waals surface area contributed by atoms with E-state index in [9.17, 15) is 4.79 Å². The molecule has 0 bridgehead atoms. The van der Waals surface area contributed by atoms with Gasteiger partial charge in [-0.1, -0.05) is 30.3 Å². The fourth-order valence-electron chi connectivity index (χ4n) is 1.74. The number of benzene rings is 1. The third-order valence-corrected chi connectivity index (χ3v) is 2.59. The third kappa shape index (κ3) is 6.13. The number of amides is 1. The summed E-state index contributed by atoms with van der Waals surface area (Å²) < 4.78 is 5.23. The van der Waals surface area contributed by atoms with Crippen LogP contribution in [0, 0.1) is 0 Å². The Labute approximate surface area is 124 Å². The number of carbonyl (C=O) groups is 1. The van der Waals surface area contributed by atoms with E-state index in [0.29, 0.717) is 6.42 Å². The molecule has 0 spiro atoms. The van der Waals surface area contributed by atoms with Crippen LogP contribution in [0.25, 0.3) is 0 Å². The average Bonchev–Trinajstić information content (AvgIpc) is 2.39. The smallest absolute Gasteiger partial charge is 0.408 e. The van der Waals surface area contributed by atoms with Gasteiger partial charge in [-0.15, -0.1) is 0 Å². The van der Waals surface area contributed by atoms with E-state index in [2.05, 4.69) is 15.8 Å². The van der Waals surface area contributed by atoms with E-state index in [-0.39, 0.29) is 5.84 Å². The number of alkyl carbamates (subject to hydrolysis) is 1. The minimum Gasteiger partial charge on any atom is -0.444 e. The van der Waals surface area contributed by atoms with Gasteiger partial charge in [0.25, 0.3) is 0 Å². The van der Waals surface area contributed by atoms with Gasteiger partial charge >= 0.3 is 6.09 Å². The first-order chi connectivity index (χ1) is 9.85. The topological polar surface area (TPSA) is 115 Å². The predicted molar refractivity (Wildman–Crippen MR) is 82.2 cm³/mol. The van der Waals surface area contributed by atoms with Gasteiger partial charge in [0.05, 0.1) is 6.04 Å². The molecule has 21 heavy (non-hydrogen) atoms. The molecule has 1 amide bonds. The largest absolute Gasteiger partial charge is 0.444 e. The van der Waals surface area contributed by atoms with Gasteiger partial charge in [0.2, 0.25) is 0 Å². The summed E-state index contributed by atoms with van der Waals surface area (Å²) in [4.78, 5) is 11.9. The monoisotopic (exact) mass is 293 g/mol. The zero-order valence-electron chi connectivity index (χ0n) is 12.6. The summed E-state index contributed by atoms with van der Waals surface area (Å²) in [6.07, 6.45) is -0.0693. The molecule has 0 saturated heterocycles. The first kappa shape index (κ1) is 16.8. The predicted octanol–water partition coefficient (Wildman–Crippen LogP) is 0.858. The van der Waals surface area contributed by atoms with Crippen LogP contribution in [0.2, 0.25) is 0 Å². The summed E-state index contributed by atoms with van der Waals surface area (Å²) >= 11 is 0. The van der Waals surface area contributed by atoms with Crippen molar-refractivity contribution in [2.24, 2.45) is 16.8 Å². The average molecular weight is 293 g/mol. The second-order valence-electron chi connectivity index (χ2n) is 5.55. The van der Waals surface area contributed by atoms with Crippen molar-refractivity contribution in [1.29, 1.82) is 0 Å². The Balaban J connectivity index is 2.81. The minimum atomic E-state index is -0.586. The van der Waals surface area contributed by atoms with Crippen LogP contribution in [-0.4, -0.2) is 23.6 Å². The Morgan fingerprint density at radius 3 is 2.43 bits per heavy atom. The molecule has 1 rings (SSSR count). The molecule has 7 nitrogen and oxygen atoms in total. The Kier molecular flexibility index (Phi) is 5.98. The maximum atomic E-state index is 11.9. The lowest BCUT2D eigenvalue weighted by Crippen LogP contribution is -2.51. The standard InChI is InChI=1S/C14H23N5O2/c1-14(2,3)21-13(20)17-11(12(18-15)19-16)9-10-7-5-4-6-8-10/h4-8,11H,9,15-16H2,1-3H3,(H,17,20)(H,18,19). The van der Waals surface area contributed by atoms with E-state index < -0.39 is 17.7 Å². The highest BCUT2D eigenvalue weighted by Gasteiger charge is 2.23. The van der Waals surface area contributed by atoms with Gasteiger partial charge in [0.1, 0.15) is 5.60 Å². The van der Waals surface area contributed by atoms with Crippen LogP contribution in [0.15, 0.2) is 35.4 Å². The van der Waals surface area contributed by atoms with Crippen LogP contribution in [0.1, 0.15) is 26.3 Å². The summed E-state index contributed by atoms with van der Waals surface area (Å²) in [5, 5.41) is 6.27. The molecule has 0 heterocycles. The quantitative estimate of drug-likeness (QED) is 0.284. The Morgan fingerprint density at radius 2 is 1.95 bits per heavy atom. The van der Waals surface area contributed by atoms with Crippen LogP contribution in [0.4, 0.5) is 4.79 Å². The fraction of sp³-hybridized carbons (Fsp3) is 0.429. The fourth-order valence-corrected chi connectivity index (χ4v) is 1.74. The lowest BCUT2D eigenvalue weighted by Gasteiger charge is -2.24. The highest BCUT2D eigenvalue weighted by atomic mass is 16.6. The van der Waals surface area contributed by atoms with E-state index in [1.165, 1.54) is 0 Å². The molecule has 0 aliphatic heterocycles.